The highest BCUT2D eigenvalue weighted by atomic mass is 15.0. The fourth-order valence-corrected chi connectivity index (χ4v) is 3.79. The highest BCUT2D eigenvalue weighted by molar-refractivity contribution is 6.13. The summed E-state index contributed by atoms with van der Waals surface area (Å²) in [7, 11) is 0. The van der Waals surface area contributed by atoms with Gasteiger partial charge in [-0.3, -0.25) is 0 Å². The first-order valence-electron chi connectivity index (χ1n) is 10.2. The second kappa shape index (κ2) is 7.03. The van der Waals surface area contributed by atoms with Gasteiger partial charge in [0.2, 0.25) is 0 Å². The molecule has 0 bridgehead atoms. The van der Waals surface area contributed by atoms with Crippen LogP contribution in [-0.2, 0) is 5.41 Å². The number of benzene rings is 4. The fraction of sp³-hybridized carbons (Fsp3) is 0.148. The Morgan fingerprint density at radius 1 is 0.567 bits per heavy atom. The van der Waals surface area contributed by atoms with Crippen molar-refractivity contribution in [3.63, 3.8) is 0 Å². The molecule has 0 unspecified atom stereocenters. The molecule has 0 N–H and O–H groups in total. The van der Waals surface area contributed by atoms with Crippen LogP contribution in [0.1, 0.15) is 26.6 Å². The van der Waals surface area contributed by atoms with Gasteiger partial charge in [0, 0.05) is 16.5 Å². The van der Waals surface area contributed by atoms with Crippen molar-refractivity contribution in [1.29, 1.82) is 0 Å². The summed E-state index contributed by atoms with van der Waals surface area (Å²) in [5.74, 6) is 2.22. The van der Waals surface area contributed by atoms with Crippen LogP contribution in [0.25, 0.3) is 44.3 Å². The Hall–Kier alpha value is -3.59. The van der Waals surface area contributed by atoms with E-state index in [-0.39, 0.29) is 5.41 Å². The van der Waals surface area contributed by atoms with Crippen LogP contribution >= 0.6 is 0 Å². The van der Waals surface area contributed by atoms with Crippen molar-refractivity contribution >= 4 is 21.5 Å². The third-order valence-electron chi connectivity index (χ3n) is 5.35. The fourth-order valence-electron chi connectivity index (χ4n) is 3.79. The first kappa shape index (κ1) is 18.4. The van der Waals surface area contributed by atoms with Crippen LogP contribution in [0, 0.1) is 0 Å². The summed E-state index contributed by atoms with van der Waals surface area (Å²) in [6, 6.07) is 29.3. The molecule has 0 spiro atoms. The van der Waals surface area contributed by atoms with E-state index in [2.05, 4.69) is 75.4 Å². The molecule has 4 aromatic carbocycles. The molecule has 0 aliphatic rings. The van der Waals surface area contributed by atoms with E-state index in [9.17, 15) is 0 Å². The van der Waals surface area contributed by atoms with E-state index in [1.807, 2.05) is 30.3 Å². The lowest BCUT2D eigenvalue weighted by atomic mass is 9.94. The van der Waals surface area contributed by atoms with Crippen molar-refractivity contribution in [3.8, 4) is 22.8 Å². The third kappa shape index (κ3) is 3.22. The lowest BCUT2D eigenvalue weighted by molar-refractivity contribution is 0.543. The van der Waals surface area contributed by atoms with E-state index in [4.69, 9.17) is 15.0 Å². The minimum atomic E-state index is -0.187. The molecule has 0 radical (unpaired) electrons. The third-order valence-corrected chi connectivity index (χ3v) is 5.35. The lowest BCUT2D eigenvalue weighted by Gasteiger charge is -2.19. The Labute approximate surface area is 176 Å². The van der Waals surface area contributed by atoms with Crippen LogP contribution in [0.15, 0.2) is 84.9 Å². The minimum Gasteiger partial charge on any atom is -0.212 e. The standard InChI is InChI=1S/C27H23N3/c1-27(2,3)26-29-24(18-11-5-4-6-12-18)28-25(30-26)23-17-19-13-7-8-14-20(19)21-15-9-10-16-22(21)23/h4-17H,1-3H3. The number of hydrogen-bond acceptors (Lipinski definition) is 3. The van der Waals surface area contributed by atoms with Gasteiger partial charge >= 0.3 is 0 Å². The molecule has 0 aliphatic carbocycles. The van der Waals surface area contributed by atoms with Crippen molar-refractivity contribution in [2.75, 3.05) is 0 Å². The lowest BCUT2D eigenvalue weighted by Crippen LogP contribution is -2.18. The van der Waals surface area contributed by atoms with Crippen LogP contribution in [0.5, 0.6) is 0 Å². The smallest absolute Gasteiger partial charge is 0.164 e. The first-order chi connectivity index (χ1) is 14.5. The molecule has 1 heterocycles. The summed E-state index contributed by atoms with van der Waals surface area (Å²) in [4.78, 5) is 14.7. The molecule has 3 heteroatoms. The minimum absolute atomic E-state index is 0.187. The quantitative estimate of drug-likeness (QED) is 0.311. The van der Waals surface area contributed by atoms with Gasteiger partial charge < -0.3 is 0 Å². The van der Waals surface area contributed by atoms with Crippen LogP contribution < -0.4 is 0 Å². The van der Waals surface area contributed by atoms with E-state index < -0.39 is 0 Å². The Morgan fingerprint density at radius 3 is 1.90 bits per heavy atom. The maximum absolute atomic E-state index is 4.94. The van der Waals surface area contributed by atoms with E-state index in [1.54, 1.807) is 0 Å². The summed E-state index contributed by atoms with van der Waals surface area (Å²) in [5.41, 5.74) is 1.85. The van der Waals surface area contributed by atoms with Crippen LogP contribution in [0.3, 0.4) is 0 Å². The van der Waals surface area contributed by atoms with E-state index in [1.165, 1.54) is 16.2 Å². The molecule has 146 valence electrons. The average Bonchev–Trinajstić information content (AvgIpc) is 2.78. The van der Waals surface area contributed by atoms with Gasteiger partial charge in [0.1, 0.15) is 5.82 Å². The zero-order valence-electron chi connectivity index (χ0n) is 17.4. The molecule has 0 fully saturated rings. The van der Waals surface area contributed by atoms with Gasteiger partial charge in [0.15, 0.2) is 11.6 Å². The second-order valence-electron chi connectivity index (χ2n) is 8.61. The SMILES string of the molecule is CC(C)(C)c1nc(-c2ccccc2)nc(-c2cc3ccccc3c3ccccc23)n1. The molecule has 3 nitrogen and oxygen atoms in total. The van der Waals surface area contributed by atoms with Crippen LogP contribution in [-0.4, -0.2) is 15.0 Å². The Balaban J connectivity index is 1.85. The van der Waals surface area contributed by atoms with Gasteiger partial charge in [-0.05, 0) is 27.6 Å². The maximum Gasteiger partial charge on any atom is 0.164 e. The van der Waals surface area contributed by atoms with Gasteiger partial charge in [0.05, 0.1) is 0 Å². The molecular weight excluding hydrogens is 366 g/mol. The molecule has 5 rings (SSSR count). The van der Waals surface area contributed by atoms with Gasteiger partial charge in [-0.2, -0.15) is 0 Å². The van der Waals surface area contributed by atoms with E-state index in [0.717, 1.165) is 28.2 Å². The summed E-state index contributed by atoms with van der Waals surface area (Å²) in [6.45, 7) is 6.41. The van der Waals surface area contributed by atoms with Crippen molar-refractivity contribution in [2.24, 2.45) is 0 Å². The number of hydrogen-bond donors (Lipinski definition) is 0. The predicted octanol–water partition coefficient (Wildman–Crippen LogP) is 6.81. The van der Waals surface area contributed by atoms with Crippen molar-refractivity contribution in [1.82, 2.24) is 15.0 Å². The molecule has 1 aromatic heterocycles. The largest absolute Gasteiger partial charge is 0.212 e. The Bertz CT molecular complexity index is 1370. The zero-order valence-corrected chi connectivity index (χ0v) is 17.4. The van der Waals surface area contributed by atoms with Crippen molar-refractivity contribution in [3.05, 3.63) is 90.8 Å². The number of rotatable bonds is 2. The molecular formula is C27H23N3. The van der Waals surface area contributed by atoms with Crippen molar-refractivity contribution < 1.29 is 0 Å². The Kier molecular flexibility index (Phi) is 4.32. The predicted molar refractivity (Wildman–Crippen MR) is 124 cm³/mol. The van der Waals surface area contributed by atoms with Crippen LogP contribution in [0.2, 0.25) is 0 Å². The molecule has 5 aromatic rings. The number of nitrogens with zero attached hydrogens (tertiary/aromatic N) is 3. The van der Waals surface area contributed by atoms with E-state index in [0.29, 0.717) is 5.82 Å². The number of fused-ring (bicyclic) bond motifs is 3. The highest BCUT2D eigenvalue weighted by Gasteiger charge is 2.22. The zero-order chi connectivity index (χ0) is 20.7. The first-order valence-corrected chi connectivity index (χ1v) is 10.2. The van der Waals surface area contributed by atoms with Gasteiger partial charge in [-0.25, -0.2) is 15.0 Å². The summed E-state index contributed by atoms with van der Waals surface area (Å²) < 4.78 is 0. The average molecular weight is 390 g/mol. The second-order valence-corrected chi connectivity index (χ2v) is 8.61. The normalized spacial score (nSPS) is 11.8. The van der Waals surface area contributed by atoms with Crippen LogP contribution in [0.4, 0.5) is 0 Å². The maximum atomic E-state index is 4.94. The van der Waals surface area contributed by atoms with Gasteiger partial charge in [-0.1, -0.05) is 99.6 Å². The summed E-state index contributed by atoms with van der Waals surface area (Å²) in [6.07, 6.45) is 0. The molecule has 0 atom stereocenters. The molecule has 0 aliphatic heterocycles. The van der Waals surface area contributed by atoms with Gasteiger partial charge in [-0.15, -0.1) is 0 Å². The monoisotopic (exact) mass is 389 g/mol. The molecule has 0 amide bonds. The van der Waals surface area contributed by atoms with E-state index >= 15 is 0 Å². The molecule has 0 saturated carbocycles. The van der Waals surface area contributed by atoms with Gasteiger partial charge in [0.25, 0.3) is 0 Å². The molecule has 30 heavy (non-hydrogen) atoms. The molecule has 0 saturated heterocycles. The topological polar surface area (TPSA) is 38.7 Å². The number of aromatic nitrogens is 3. The van der Waals surface area contributed by atoms with Crippen molar-refractivity contribution in [2.45, 2.75) is 26.2 Å². The summed E-state index contributed by atoms with van der Waals surface area (Å²) in [5, 5.41) is 4.79. The highest BCUT2D eigenvalue weighted by Crippen LogP contribution is 2.34. The Morgan fingerprint density at radius 2 is 1.17 bits per heavy atom. The summed E-state index contributed by atoms with van der Waals surface area (Å²) >= 11 is 0.